The summed E-state index contributed by atoms with van der Waals surface area (Å²) in [5, 5.41) is 0. The van der Waals surface area contributed by atoms with Crippen LogP contribution in [0.1, 0.15) is 38.5 Å². The Bertz CT molecular complexity index is 409. The minimum absolute atomic E-state index is 0.133. The average molecular weight is 368 g/mol. The van der Waals surface area contributed by atoms with E-state index >= 15 is 0 Å². The van der Waals surface area contributed by atoms with Gasteiger partial charge in [0.1, 0.15) is 0 Å². The Labute approximate surface area is 154 Å². The summed E-state index contributed by atoms with van der Waals surface area (Å²) in [6.45, 7) is 8.07. The standard InChI is InChI=1S/C18H28N2O6/c1-3-19(15-21)11-9-17(23)25-13-7-5-6-8-14-26-18(24)10-12-20(4-2)16-22/h3-4,15-16H,1-2,5-14H2. The van der Waals surface area contributed by atoms with Crippen molar-refractivity contribution in [2.45, 2.75) is 38.5 Å². The highest BCUT2D eigenvalue weighted by molar-refractivity contribution is 5.70. The zero-order chi connectivity index (χ0) is 19.6. The van der Waals surface area contributed by atoms with Gasteiger partial charge in [-0.05, 0) is 38.1 Å². The van der Waals surface area contributed by atoms with Crippen molar-refractivity contribution in [2.75, 3.05) is 26.3 Å². The number of carbonyl (C=O) groups excluding carboxylic acids is 4. The summed E-state index contributed by atoms with van der Waals surface area (Å²) in [7, 11) is 0. The molecule has 0 aromatic carbocycles. The summed E-state index contributed by atoms with van der Waals surface area (Å²) in [6.07, 6.45) is 7.34. The molecule has 8 heteroatoms. The van der Waals surface area contributed by atoms with Gasteiger partial charge in [-0.2, -0.15) is 0 Å². The fourth-order valence-electron chi connectivity index (χ4n) is 1.89. The molecule has 0 spiro atoms. The van der Waals surface area contributed by atoms with Crippen LogP contribution in [0.25, 0.3) is 0 Å². The first kappa shape index (κ1) is 23.4. The normalized spacial score (nSPS) is 9.69. The van der Waals surface area contributed by atoms with Gasteiger partial charge in [0, 0.05) is 13.1 Å². The van der Waals surface area contributed by atoms with Crippen molar-refractivity contribution >= 4 is 24.8 Å². The van der Waals surface area contributed by atoms with E-state index in [1.807, 2.05) is 0 Å². The molecule has 0 heterocycles. The van der Waals surface area contributed by atoms with E-state index in [4.69, 9.17) is 9.47 Å². The lowest BCUT2D eigenvalue weighted by Gasteiger charge is -2.11. The second-order valence-corrected chi connectivity index (χ2v) is 5.41. The lowest BCUT2D eigenvalue weighted by molar-refractivity contribution is -0.145. The minimum Gasteiger partial charge on any atom is -0.466 e. The van der Waals surface area contributed by atoms with E-state index in [-0.39, 0.29) is 37.9 Å². The predicted octanol–water partition coefficient (Wildman–Crippen LogP) is 1.62. The topological polar surface area (TPSA) is 93.2 Å². The monoisotopic (exact) mass is 368 g/mol. The zero-order valence-corrected chi connectivity index (χ0v) is 15.1. The van der Waals surface area contributed by atoms with Crippen molar-refractivity contribution in [2.24, 2.45) is 0 Å². The Kier molecular flexibility index (Phi) is 14.3. The smallest absolute Gasteiger partial charge is 0.307 e. The number of hydrogen-bond donors (Lipinski definition) is 0. The Balaban J connectivity index is 3.50. The van der Waals surface area contributed by atoms with Crippen LogP contribution < -0.4 is 0 Å². The molecular formula is C18H28N2O6. The van der Waals surface area contributed by atoms with Crippen LogP contribution >= 0.6 is 0 Å². The zero-order valence-electron chi connectivity index (χ0n) is 15.1. The molecule has 0 radical (unpaired) electrons. The molecule has 0 aromatic rings. The van der Waals surface area contributed by atoms with Gasteiger partial charge in [0.25, 0.3) is 0 Å². The van der Waals surface area contributed by atoms with Crippen LogP contribution in [0.15, 0.2) is 25.6 Å². The Morgan fingerprint density at radius 2 is 1.12 bits per heavy atom. The summed E-state index contributed by atoms with van der Waals surface area (Å²) < 4.78 is 10.1. The van der Waals surface area contributed by atoms with Gasteiger partial charge in [-0.25, -0.2) is 0 Å². The average Bonchev–Trinajstić information content (AvgIpc) is 2.65. The van der Waals surface area contributed by atoms with E-state index in [1.54, 1.807) is 0 Å². The van der Waals surface area contributed by atoms with Crippen molar-refractivity contribution < 1.29 is 28.7 Å². The van der Waals surface area contributed by atoms with Crippen LogP contribution in [0.2, 0.25) is 0 Å². The maximum absolute atomic E-state index is 11.5. The molecule has 8 nitrogen and oxygen atoms in total. The number of esters is 2. The Hall–Kier alpha value is -2.64. The maximum Gasteiger partial charge on any atom is 0.307 e. The van der Waals surface area contributed by atoms with Gasteiger partial charge < -0.3 is 19.3 Å². The second-order valence-electron chi connectivity index (χ2n) is 5.41. The van der Waals surface area contributed by atoms with Crippen molar-refractivity contribution in [3.05, 3.63) is 25.6 Å². The highest BCUT2D eigenvalue weighted by atomic mass is 16.5. The molecule has 2 amide bonds. The summed E-state index contributed by atoms with van der Waals surface area (Å²) in [5.74, 6) is -0.701. The first-order valence-electron chi connectivity index (χ1n) is 8.55. The second kappa shape index (κ2) is 15.9. The predicted molar refractivity (Wildman–Crippen MR) is 95.6 cm³/mol. The molecule has 0 rings (SSSR count). The van der Waals surface area contributed by atoms with Crippen molar-refractivity contribution in [1.82, 2.24) is 9.80 Å². The van der Waals surface area contributed by atoms with Gasteiger partial charge in [0.2, 0.25) is 12.8 Å². The third kappa shape index (κ3) is 12.7. The van der Waals surface area contributed by atoms with Crippen LogP contribution in [0, 0.1) is 0 Å². The first-order valence-corrected chi connectivity index (χ1v) is 8.55. The van der Waals surface area contributed by atoms with Gasteiger partial charge in [-0.3, -0.25) is 19.2 Å². The third-order valence-corrected chi connectivity index (χ3v) is 3.45. The lowest BCUT2D eigenvalue weighted by Crippen LogP contribution is -2.20. The molecule has 0 aliphatic carbocycles. The molecule has 0 aliphatic rings. The Morgan fingerprint density at radius 1 is 0.731 bits per heavy atom. The Morgan fingerprint density at radius 3 is 1.42 bits per heavy atom. The van der Waals surface area contributed by atoms with E-state index in [1.165, 1.54) is 22.2 Å². The van der Waals surface area contributed by atoms with Gasteiger partial charge in [0.05, 0.1) is 26.1 Å². The van der Waals surface area contributed by atoms with Gasteiger partial charge in [0.15, 0.2) is 0 Å². The fourth-order valence-corrected chi connectivity index (χ4v) is 1.89. The quantitative estimate of drug-likeness (QED) is 0.220. The summed E-state index contributed by atoms with van der Waals surface area (Å²) >= 11 is 0. The van der Waals surface area contributed by atoms with Crippen LogP contribution in [0.5, 0.6) is 0 Å². The SMILES string of the molecule is C=CN(C=O)CCC(=O)OCCCCCCOC(=O)CCN(C=C)C=O. The van der Waals surface area contributed by atoms with Crippen molar-refractivity contribution in [1.29, 1.82) is 0 Å². The van der Waals surface area contributed by atoms with Crippen LogP contribution in [0.3, 0.4) is 0 Å². The summed E-state index contributed by atoms with van der Waals surface area (Å²) in [5.41, 5.74) is 0. The maximum atomic E-state index is 11.5. The molecule has 0 atom stereocenters. The molecule has 0 N–H and O–H groups in total. The van der Waals surface area contributed by atoms with E-state index in [9.17, 15) is 19.2 Å². The van der Waals surface area contributed by atoms with Crippen LogP contribution in [0.4, 0.5) is 0 Å². The van der Waals surface area contributed by atoms with Gasteiger partial charge >= 0.3 is 11.9 Å². The van der Waals surface area contributed by atoms with Crippen LogP contribution in [-0.4, -0.2) is 60.9 Å². The number of rotatable bonds is 17. The van der Waals surface area contributed by atoms with Gasteiger partial charge in [-0.1, -0.05) is 13.2 Å². The molecule has 0 saturated carbocycles. The molecule has 146 valence electrons. The molecule has 0 bridgehead atoms. The summed E-state index contributed by atoms with van der Waals surface area (Å²) in [6, 6.07) is 0. The highest BCUT2D eigenvalue weighted by Crippen LogP contribution is 2.02. The molecule has 0 unspecified atom stereocenters. The molecule has 26 heavy (non-hydrogen) atoms. The first-order chi connectivity index (χ1) is 12.6. The molecule has 0 aliphatic heterocycles. The van der Waals surface area contributed by atoms with Crippen LogP contribution in [-0.2, 0) is 28.7 Å². The van der Waals surface area contributed by atoms with E-state index in [2.05, 4.69) is 13.2 Å². The van der Waals surface area contributed by atoms with E-state index in [0.717, 1.165) is 25.7 Å². The highest BCUT2D eigenvalue weighted by Gasteiger charge is 2.06. The minimum atomic E-state index is -0.350. The van der Waals surface area contributed by atoms with Crippen molar-refractivity contribution in [3.8, 4) is 0 Å². The molecule has 0 saturated heterocycles. The molecule has 0 aromatic heterocycles. The number of hydrogen-bond acceptors (Lipinski definition) is 6. The number of amides is 2. The van der Waals surface area contributed by atoms with E-state index in [0.29, 0.717) is 26.0 Å². The third-order valence-electron chi connectivity index (χ3n) is 3.45. The molecular weight excluding hydrogens is 340 g/mol. The summed E-state index contributed by atoms with van der Waals surface area (Å²) in [4.78, 5) is 46.5. The lowest BCUT2D eigenvalue weighted by atomic mass is 10.2. The van der Waals surface area contributed by atoms with E-state index < -0.39 is 0 Å². The number of nitrogens with zero attached hydrogens (tertiary/aromatic N) is 2. The number of carbonyl (C=O) groups is 4. The molecule has 0 fully saturated rings. The van der Waals surface area contributed by atoms with Gasteiger partial charge in [-0.15, -0.1) is 0 Å². The number of unbranched alkanes of at least 4 members (excludes halogenated alkanes) is 3. The van der Waals surface area contributed by atoms with Crippen molar-refractivity contribution in [3.63, 3.8) is 0 Å². The number of ether oxygens (including phenoxy) is 2. The largest absolute Gasteiger partial charge is 0.466 e. The fraction of sp³-hybridized carbons (Fsp3) is 0.556.